The lowest BCUT2D eigenvalue weighted by molar-refractivity contribution is 0.383. The Morgan fingerprint density at radius 2 is 1.61 bits per heavy atom. The second-order valence-electron chi connectivity index (χ2n) is 7.72. The molecule has 0 amide bonds. The van der Waals surface area contributed by atoms with E-state index in [2.05, 4.69) is 19.9 Å². The monoisotopic (exact) mass is 444 g/mol. The number of halogens is 1. The van der Waals surface area contributed by atoms with Crippen molar-refractivity contribution < 1.29 is 12.8 Å². The molecule has 0 atom stereocenters. The number of imidazole rings is 1. The maximum atomic E-state index is 13.4. The topological polar surface area (TPSA) is 84.2 Å². The van der Waals surface area contributed by atoms with E-state index in [4.69, 9.17) is 0 Å². The molecule has 0 unspecified atom stereocenters. The summed E-state index contributed by atoms with van der Waals surface area (Å²) in [5, 5.41) is 0. The number of sulfonamides is 1. The molecule has 164 valence electrons. The number of aromatic nitrogens is 4. The van der Waals surface area contributed by atoms with Gasteiger partial charge in [-0.05, 0) is 51.5 Å². The Kier molecular flexibility index (Phi) is 5.52. The van der Waals surface area contributed by atoms with E-state index in [1.54, 1.807) is 13.3 Å². The van der Waals surface area contributed by atoms with Crippen molar-refractivity contribution in [2.45, 2.75) is 32.6 Å². The molecular formula is C21H25FN6O2S. The third-order valence-corrected chi connectivity index (χ3v) is 7.69. The summed E-state index contributed by atoms with van der Waals surface area (Å²) in [6, 6.07) is 5.66. The van der Waals surface area contributed by atoms with Crippen molar-refractivity contribution in [3.63, 3.8) is 0 Å². The zero-order chi connectivity index (χ0) is 22.3. The van der Waals surface area contributed by atoms with Crippen LogP contribution in [0.15, 0.2) is 35.5 Å². The first-order chi connectivity index (χ1) is 14.7. The number of hydrogen-bond donors (Lipinski definition) is 0. The molecule has 0 spiro atoms. The van der Waals surface area contributed by atoms with E-state index in [0.717, 1.165) is 23.0 Å². The average Bonchev–Trinajstić information content (AvgIpc) is 3.06. The van der Waals surface area contributed by atoms with Gasteiger partial charge >= 0.3 is 0 Å². The van der Waals surface area contributed by atoms with Crippen LogP contribution in [0, 0.1) is 33.5 Å². The molecule has 0 N–H and O–H groups in total. The van der Waals surface area contributed by atoms with Crippen LogP contribution in [0.25, 0.3) is 5.82 Å². The van der Waals surface area contributed by atoms with Gasteiger partial charge in [0, 0.05) is 37.9 Å². The minimum atomic E-state index is -3.68. The van der Waals surface area contributed by atoms with Gasteiger partial charge in [0.05, 0.1) is 10.6 Å². The molecule has 3 aromatic rings. The van der Waals surface area contributed by atoms with Crippen LogP contribution in [0.3, 0.4) is 0 Å². The molecule has 10 heteroatoms. The Bertz CT molecular complexity index is 1230. The second-order valence-corrected chi connectivity index (χ2v) is 9.62. The standard InChI is InChI=1S/C21H25FN6O2S/c1-14-11-18(22)5-6-19(14)31(29,30)27-9-7-26(8-10-27)20-12-21(25-17(4)24-20)28-13-23-15(2)16(28)3/h5-6,11-13H,7-10H2,1-4H3. The first-order valence-corrected chi connectivity index (χ1v) is 11.5. The molecule has 1 saturated heterocycles. The van der Waals surface area contributed by atoms with E-state index in [0.29, 0.717) is 37.6 Å². The molecule has 0 bridgehead atoms. The van der Waals surface area contributed by atoms with Crippen molar-refractivity contribution in [2.75, 3.05) is 31.1 Å². The summed E-state index contributed by atoms with van der Waals surface area (Å²) in [6.45, 7) is 9.02. The maximum Gasteiger partial charge on any atom is 0.243 e. The van der Waals surface area contributed by atoms with E-state index in [1.165, 1.54) is 22.5 Å². The van der Waals surface area contributed by atoms with E-state index in [9.17, 15) is 12.8 Å². The summed E-state index contributed by atoms with van der Waals surface area (Å²) in [5.74, 6) is 1.68. The molecule has 3 heterocycles. The largest absolute Gasteiger partial charge is 0.354 e. The molecule has 0 radical (unpaired) electrons. The average molecular weight is 445 g/mol. The summed E-state index contributed by atoms with van der Waals surface area (Å²) < 4.78 is 42.9. The predicted molar refractivity (Wildman–Crippen MR) is 115 cm³/mol. The molecule has 4 rings (SSSR count). The highest BCUT2D eigenvalue weighted by Gasteiger charge is 2.30. The minimum Gasteiger partial charge on any atom is -0.354 e. The first-order valence-electron chi connectivity index (χ1n) is 10.0. The van der Waals surface area contributed by atoms with Crippen LogP contribution in [0.2, 0.25) is 0 Å². The van der Waals surface area contributed by atoms with Crippen LogP contribution < -0.4 is 4.90 Å². The van der Waals surface area contributed by atoms with E-state index < -0.39 is 15.8 Å². The Hall–Kier alpha value is -2.85. The van der Waals surface area contributed by atoms with Gasteiger partial charge < -0.3 is 4.90 Å². The fourth-order valence-electron chi connectivity index (χ4n) is 3.75. The van der Waals surface area contributed by atoms with Crippen LogP contribution in [-0.4, -0.2) is 58.4 Å². The number of piperazine rings is 1. The van der Waals surface area contributed by atoms with Crippen LogP contribution in [0.5, 0.6) is 0 Å². The SMILES string of the molecule is Cc1nc(N2CCN(S(=O)(=O)c3ccc(F)cc3C)CC2)cc(-n2cnc(C)c2C)n1. The van der Waals surface area contributed by atoms with E-state index in [-0.39, 0.29) is 4.90 Å². The molecule has 8 nitrogen and oxygen atoms in total. The lowest BCUT2D eigenvalue weighted by Crippen LogP contribution is -2.49. The maximum absolute atomic E-state index is 13.4. The minimum absolute atomic E-state index is 0.147. The highest BCUT2D eigenvalue weighted by Crippen LogP contribution is 2.24. The van der Waals surface area contributed by atoms with E-state index in [1.807, 2.05) is 31.4 Å². The van der Waals surface area contributed by atoms with Crippen LogP contribution in [-0.2, 0) is 10.0 Å². The summed E-state index contributed by atoms with van der Waals surface area (Å²) in [4.78, 5) is 15.6. The first kappa shape index (κ1) is 21.4. The number of rotatable bonds is 4. The smallest absolute Gasteiger partial charge is 0.243 e. The summed E-state index contributed by atoms with van der Waals surface area (Å²) in [6.07, 6.45) is 1.74. The van der Waals surface area contributed by atoms with Gasteiger partial charge in [0.2, 0.25) is 10.0 Å². The van der Waals surface area contributed by atoms with Gasteiger partial charge in [0.25, 0.3) is 0 Å². The normalized spacial score (nSPS) is 15.5. The zero-order valence-corrected chi connectivity index (χ0v) is 18.8. The van der Waals surface area contributed by atoms with Gasteiger partial charge in [-0.2, -0.15) is 4.31 Å². The van der Waals surface area contributed by atoms with Gasteiger partial charge in [-0.1, -0.05) is 0 Å². The van der Waals surface area contributed by atoms with Gasteiger partial charge in [-0.25, -0.2) is 27.8 Å². The quantitative estimate of drug-likeness (QED) is 0.615. The van der Waals surface area contributed by atoms with Crippen LogP contribution in [0.4, 0.5) is 10.2 Å². The molecule has 0 saturated carbocycles. The van der Waals surface area contributed by atoms with E-state index >= 15 is 0 Å². The Labute approximate surface area is 181 Å². The van der Waals surface area contributed by atoms with Crippen molar-refractivity contribution in [3.8, 4) is 5.82 Å². The number of hydrogen-bond acceptors (Lipinski definition) is 6. The molecule has 2 aromatic heterocycles. The number of anilines is 1. The lowest BCUT2D eigenvalue weighted by atomic mass is 10.2. The Morgan fingerprint density at radius 1 is 0.935 bits per heavy atom. The highest BCUT2D eigenvalue weighted by atomic mass is 32.2. The summed E-state index contributed by atoms with van der Waals surface area (Å²) >= 11 is 0. The third-order valence-electron chi connectivity index (χ3n) is 5.63. The van der Waals surface area contributed by atoms with Gasteiger partial charge in [0.1, 0.15) is 29.6 Å². The van der Waals surface area contributed by atoms with Gasteiger partial charge in [-0.15, -0.1) is 0 Å². The molecule has 1 aliphatic heterocycles. The van der Waals surface area contributed by atoms with Crippen molar-refractivity contribution in [2.24, 2.45) is 0 Å². The zero-order valence-electron chi connectivity index (χ0n) is 18.0. The highest BCUT2D eigenvalue weighted by molar-refractivity contribution is 7.89. The van der Waals surface area contributed by atoms with Crippen molar-refractivity contribution >= 4 is 15.8 Å². The fraction of sp³-hybridized carbons (Fsp3) is 0.381. The third kappa shape index (κ3) is 4.05. The molecular weight excluding hydrogens is 419 g/mol. The van der Waals surface area contributed by atoms with Crippen LogP contribution in [0.1, 0.15) is 22.8 Å². The fourth-order valence-corrected chi connectivity index (χ4v) is 5.38. The molecule has 1 aromatic carbocycles. The molecule has 31 heavy (non-hydrogen) atoms. The van der Waals surface area contributed by atoms with Crippen LogP contribution >= 0.6 is 0 Å². The Balaban J connectivity index is 1.54. The molecule has 0 aliphatic carbocycles. The lowest BCUT2D eigenvalue weighted by Gasteiger charge is -2.35. The second kappa shape index (κ2) is 8.01. The van der Waals surface area contributed by atoms with Crippen molar-refractivity contribution in [1.29, 1.82) is 0 Å². The summed E-state index contributed by atoms with van der Waals surface area (Å²) in [7, 11) is -3.68. The number of benzene rings is 1. The van der Waals surface area contributed by atoms with Gasteiger partial charge in [-0.3, -0.25) is 4.57 Å². The van der Waals surface area contributed by atoms with Crippen molar-refractivity contribution in [3.05, 3.63) is 59.2 Å². The molecule has 1 fully saturated rings. The number of nitrogens with zero attached hydrogens (tertiary/aromatic N) is 6. The Morgan fingerprint density at radius 3 is 2.23 bits per heavy atom. The summed E-state index contributed by atoms with van der Waals surface area (Å²) in [5.41, 5.74) is 2.35. The van der Waals surface area contributed by atoms with Crippen molar-refractivity contribution in [1.82, 2.24) is 23.8 Å². The number of aryl methyl sites for hydroxylation is 3. The molecule has 1 aliphatic rings. The predicted octanol–water partition coefficient (Wildman–Crippen LogP) is 2.55. The van der Waals surface area contributed by atoms with Gasteiger partial charge in [0.15, 0.2) is 0 Å².